The second-order valence-corrected chi connectivity index (χ2v) is 5.03. The average molecular weight is 237 g/mol. The molecule has 17 heavy (non-hydrogen) atoms. The lowest BCUT2D eigenvalue weighted by Gasteiger charge is -2.19. The second-order valence-electron chi connectivity index (χ2n) is 5.03. The molecule has 0 amide bonds. The van der Waals surface area contributed by atoms with E-state index in [2.05, 4.69) is 6.92 Å². The number of halogens is 1. The molecule has 0 saturated heterocycles. The van der Waals surface area contributed by atoms with E-state index >= 15 is 0 Å². The van der Waals surface area contributed by atoms with Gasteiger partial charge in [0.25, 0.3) is 0 Å². The molecule has 2 rings (SSSR count). The molecule has 0 aromatic heterocycles. The fourth-order valence-electron chi connectivity index (χ4n) is 2.27. The maximum absolute atomic E-state index is 13.5. The number of benzene rings is 1. The predicted octanol–water partition coefficient (Wildman–Crippen LogP) is 2.75. The van der Waals surface area contributed by atoms with E-state index < -0.39 is 0 Å². The summed E-state index contributed by atoms with van der Waals surface area (Å²) in [5.74, 6) is 1.29. The Morgan fingerprint density at radius 2 is 2.18 bits per heavy atom. The second kappa shape index (κ2) is 5.05. The van der Waals surface area contributed by atoms with E-state index in [4.69, 9.17) is 10.5 Å². The molecule has 1 aliphatic rings. The zero-order chi connectivity index (χ0) is 12.4. The minimum absolute atomic E-state index is 0.121. The highest BCUT2D eigenvalue weighted by atomic mass is 19.1. The van der Waals surface area contributed by atoms with E-state index in [-0.39, 0.29) is 17.6 Å². The minimum Gasteiger partial charge on any atom is -0.494 e. The first kappa shape index (κ1) is 12.4. The van der Waals surface area contributed by atoms with Crippen molar-refractivity contribution in [2.24, 2.45) is 17.6 Å². The lowest BCUT2D eigenvalue weighted by molar-refractivity contribution is 0.384. The van der Waals surface area contributed by atoms with Crippen LogP contribution in [0, 0.1) is 17.7 Å². The van der Waals surface area contributed by atoms with Gasteiger partial charge in [0.1, 0.15) is 0 Å². The third-order valence-electron chi connectivity index (χ3n) is 3.73. The van der Waals surface area contributed by atoms with Crippen molar-refractivity contribution in [1.82, 2.24) is 0 Å². The molecule has 2 N–H and O–H groups in total. The van der Waals surface area contributed by atoms with Gasteiger partial charge in [-0.25, -0.2) is 4.39 Å². The number of nitrogens with two attached hydrogens (primary N) is 1. The van der Waals surface area contributed by atoms with Gasteiger partial charge in [0.2, 0.25) is 0 Å². The minimum atomic E-state index is -0.309. The maximum Gasteiger partial charge on any atom is 0.165 e. The molecule has 0 aliphatic heterocycles. The topological polar surface area (TPSA) is 35.2 Å². The molecule has 0 spiro atoms. The number of hydrogen-bond donors (Lipinski definition) is 1. The molecule has 2 unspecified atom stereocenters. The lowest BCUT2D eigenvalue weighted by Crippen LogP contribution is -2.31. The molecule has 0 heterocycles. The highest BCUT2D eigenvalue weighted by Crippen LogP contribution is 2.38. The van der Waals surface area contributed by atoms with E-state index in [0.717, 1.165) is 17.9 Å². The van der Waals surface area contributed by atoms with Crippen molar-refractivity contribution in [2.45, 2.75) is 32.2 Å². The quantitative estimate of drug-likeness (QED) is 0.854. The Bertz CT molecular complexity index is 390. The Kier molecular flexibility index (Phi) is 3.67. The lowest BCUT2D eigenvalue weighted by atomic mass is 9.92. The molecule has 3 heteroatoms. The van der Waals surface area contributed by atoms with Gasteiger partial charge >= 0.3 is 0 Å². The van der Waals surface area contributed by atoms with Crippen LogP contribution in [0.5, 0.6) is 5.75 Å². The van der Waals surface area contributed by atoms with Crippen LogP contribution in [-0.2, 0) is 6.42 Å². The predicted molar refractivity (Wildman–Crippen MR) is 66.5 cm³/mol. The molecule has 94 valence electrons. The van der Waals surface area contributed by atoms with Gasteiger partial charge in [-0.1, -0.05) is 13.0 Å². The third kappa shape index (κ3) is 2.97. The Labute approximate surface area is 102 Å². The molecule has 0 bridgehead atoms. The maximum atomic E-state index is 13.5. The van der Waals surface area contributed by atoms with Gasteiger partial charge < -0.3 is 10.5 Å². The van der Waals surface area contributed by atoms with E-state index in [9.17, 15) is 4.39 Å². The highest BCUT2D eigenvalue weighted by molar-refractivity contribution is 5.29. The van der Waals surface area contributed by atoms with Crippen LogP contribution in [0.15, 0.2) is 18.2 Å². The average Bonchev–Trinajstić information content (AvgIpc) is 3.12. The summed E-state index contributed by atoms with van der Waals surface area (Å²) < 4.78 is 18.4. The van der Waals surface area contributed by atoms with Crippen LogP contribution in [0.2, 0.25) is 0 Å². The van der Waals surface area contributed by atoms with Crippen molar-refractivity contribution >= 4 is 0 Å². The van der Waals surface area contributed by atoms with Crippen LogP contribution in [-0.4, -0.2) is 13.2 Å². The van der Waals surface area contributed by atoms with Gasteiger partial charge in [0, 0.05) is 6.04 Å². The fourth-order valence-corrected chi connectivity index (χ4v) is 2.27. The van der Waals surface area contributed by atoms with Gasteiger partial charge in [0.15, 0.2) is 11.6 Å². The van der Waals surface area contributed by atoms with Crippen LogP contribution in [0.1, 0.15) is 25.3 Å². The van der Waals surface area contributed by atoms with E-state index in [0.29, 0.717) is 5.92 Å². The molecule has 1 fully saturated rings. The van der Waals surface area contributed by atoms with Crippen molar-refractivity contribution in [3.05, 3.63) is 29.6 Å². The van der Waals surface area contributed by atoms with Gasteiger partial charge in [-0.05, 0) is 48.8 Å². The molecule has 2 nitrogen and oxygen atoms in total. The van der Waals surface area contributed by atoms with Crippen LogP contribution in [0.25, 0.3) is 0 Å². The van der Waals surface area contributed by atoms with Gasteiger partial charge in [-0.3, -0.25) is 0 Å². The highest BCUT2D eigenvalue weighted by Gasteiger charge is 2.31. The fraction of sp³-hybridized carbons (Fsp3) is 0.571. The molecular formula is C14H20FNO. The summed E-state index contributed by atoms with van der Waals surface area (Å²) in [6.07, 6.45) is 3.33. The zero-order valence-electron chi connectivity index (χ0n) is 10.4. The smallest absolute Gasteiger partial charge is 0.165 e. The first-order valence-electron chi connectivity index (χ1n) is 6.20. The largest absolute Gasteiger partial charge is 0.494 e. The molecule has 1 aliphatic carbocycles. The molecule has 1 saturated carbocycles. The Balaban J connectivity index is 2.00. The standard InChI is InChI=1S/C14H20FNO/c1-9(11-4-5-11)13(16)8-10-3-6-14(17-2)12(15)7-10/h3,6-7,9,11,13H,4-5,8,16H2,1-2H3. The molecule has 2 atom stereocenters. The van der Waals surface area contributed by atoms with Crippen LogP contribution >= 0.6 is 0 Å². The first-order chi connectivity index (χ1) is 8.11. The van der Waals surface area contributed by atoms with Crippen LogP contribution < -0.4 is 10.5 Å². The Morgan fingerprint density at radius 3 is 2.71 bits per heavy atom. The number of rotatable bonds is 5. The summed E-state index contributed by atoms with van der Waals surface area (Å²) >= 11 is 0. The summed E-state index contributed by atoms with van der Waals surface area (Å²) in [5, 5.41) is 0. The summed E-state index contributed by atoms with van der Waals surface area (Å²) in [6, 6.07) is 5.20. The van der Waals surface area contributed by atoms with Crippen molar-refractivity contribution in [2.75, 3.05) is 7.11 Å². The molecule has 1 aromatic carbocycles. The van der Waals surface area contributed by atoms with Gasteiger partial charge in [-0.2, -0.15) is 0 Å². The monoisotopic (exact) mass is 237 g/mol. The zero-order valence-corrected chi connectivity index (χ0v) is 10.4. The molecular weight excluding hydrogens is 217 g/mol. The van der Waals surface area contributed by atoms with Gasteiger partial charge in [0.05, 0.1) is 7.11 Å². The summed E-state index contributed by atoms with van der Waals surface area (Å²) in [4.78, 5) is 0. The first-order valence-corrected chi connectivity index (χ1v) is 6.20. The Hall–Kier alpha value is -1.09. The van der Waals surface area contributed by atoms with E-state index in [1.165, 1.54) is 26.0 Å². The summed E-state index contributed by atoms with van der Waals surface area (Å²) in [5.41, 5.74) is 7.10. The van der Waals surface area contributed by atoms with Crippen molar-refractivity contribution in [3.8, 4) is 5.75 Å². The number of hydrogen-bond acceptors (Lipinski definition) is 2. The number of methoxy groups -OCH3 is 1. The SMILES string of the molecule is COc1ccc(CC(N)C(C)C2CC2)cc1F. The van der Waals surface area contributed by atoms with Crippen LogP contribution in [0.4, 0.5) is 4.39 Å². The number of ether oxygens (including phenoxy) is 1. The molecule has 1 aromatic rings. The van der Waals surface area contributed by atoms with E-state index in [1.54, 1.807) is 6.07 Å². The van der Waals surface area contributed by atoms with Crippen molar-refractivity contribution in [3.63, 3.8) is 0 Å². The van der Waals surface area contributed by atoms with Crippen molar-refractivity contribution < 1.29 is 9.13 Å². The van der Waals surface area contributed by atoms with E-state index in [1.807, 2.05) is 6.07 Å². The van der Waals surface area contributed by atoms with Crippen molar-refractivity contribution in [1.29, 1.82) is 0 Å². The van der Waals surface area contributed by atoms with Gasteiger partial charge in [-0.15, -0.1) is 0 Å². The Morgan fingerprint density at radius 1 is 1.47 bits per heavy atom. The normalized spacial score (nSPS) is 18.8. The third-order valence-corrected chi connectivity index (χ3v) is 3.73. The molecule has 0 radical (unpaired) electrons. The summed E-state index contributed by atoms with van der Waals surface area (Å²) in [7, 11) is 1.47. The van der Waals surface area contributed by atoms with Crippen LogP contribution in [0.3, 0.4) is 0 Å². The summed E-state index contributed by atoms with van der Waals surface area (Å²) in [6.45, 7) is 2.20.